The number of carboxylic acids is 1. The summed E-state index contributed by atoms with van der Waals surface area (Å²) >= 11 is 0. The van der Waals surface area contributed by atoms with E-state index in [1.165, 1.54) is 0 Å². The van der Waals surface area contributed by atoms with Gasteiger partial charge in [-0.3, -0.25) is 0 Å². The lowest BCUT2D eigenvalue weighted by molar-refractivity contribution is 0.0692. The number of para-hydroxylation sites is 1. The van der Waals surface area contributed by atoms with Gasteiger partial charge < -0.3 is 19.8 Å². The van der Waals surface area contributed by atoms with Crippen molar-refractivity contribution in [2.45, 2.75) is 0 Å². The molecule has 5 heteroatoms. The van der Waals surface area contributed by atoms with E-state index in [0.717, 1.165) is 33.1 Å². The van der Waals surface area contributed by atoms with Gasteiger partial charge in [-0.05, 0) is 24.3 Å². The molecule has 4 rings (SSSR count). The highest BCUT2D eigenvalue weighted by molar-refractivity contribution is 6.12. The predicted molar refractivity (Wildman–Crippen MR) is 89.1 cm³/mol. The van der Waals surface area contributed by atoms with Gasteiger partial charge in [0.1, 0.15) is 11.4 Å². The lowest BCUT2D eigenvalue weighted by atomic mass is 10.0. The van der Waals surface area contributed by atoms with Crippen molar-refractivity contribution in [3.05, 3.63) is 54.4 Å². The summed E-state index contributed by atoms with van der Waals surface area (Å²) in [4.78, 5) is 17.9. The van der Waals surface area contributed by atoms with Gasteiger partial charge in [0, 0.05) is 39.1 Å². The van der Waals surface area contributed by atoms with Crippen molar-refractivity contribution in [3.8, 4) is 16.9 Å². The summed E-state index contributed by atoms with van der Waals surface area (Å²) in [6.45, 7) is 0. The third-order valence-electron chi connectivity index (χ3n) is 4.08. The number of H-pyrrole nitrogens is 2. The van der Waals surface area contributed by atoms with Gasteiger partial charge in [-0.2, -0.15) is 0 Å². The van der Waals surface area contributed by atoms with Crippen LogP contribution in [-0.2, 0) is 0 Å². The number of hydrogen-bond acceptors (Lipinski definition) is 2. The summed E-state index contributed by atoms with van der Waals surface area (Å²) in [5, 5.41) is 11.4. The largest absolute Gasteiger partial charge is 0.497 e. The van der Waals surface area contributed by atoms with Gasteiger partial charge in [0.25, 0.3) is 0 Å². The highest BCUT2D eigenvalue weighted by Crippen LogP contribution is 2.37. The Kier molecular flexibility index (Phi) is 2.87. The quantitative estimate of drug-likeness (QED) is 0.535. The normalized spacial score (nSPS) is 11.2. The molecule has 0 spiro atoms. The number of ether oxygens (including phenoxy) is 1. The molecule has 0 bridgehead atoms. The summed E-state index contributed by atoms with van der Waals surface area (Å²) in [6.07, 6.45) is 1.84. The van der Waals surface area contributed by atoms with Crippen LogP contribution in [0.2, 0.25) is 0 Å². The number of carbonyl (C=O) groups is 1. The van der Waals surface area contributed by atoms with Crippen LogP contribution in [0.4, 0.5) is 0 Å². The highest BCUT2D eigenvalue weighted by atomic mass is 16.5. The molecule has 0 amide bonds. The van der Waals surface area contributed by atoms with Crippen LogP contribution in [0.25, 0.3) is 32.9 Å². The summed E-state index contributed by atoms with van der Waals surface area (Å²) in [5.41, 5.74) is 3.45. The predicted octanol–water partition coefficient (Wildman–Crippen LogP) is 4.02. The molecule has 114 valence electrons. The molecule has 3 N–H and O–H groups in total. The fourth-order valence-electron chi connectivity index (χ4n) is 3.02. The van der Waals surface area contributed by atoms with Gasteiger partial charge in [-0.1, -0.05) is 18.2 Å². The van der Waals surface area contributed by atoms with Crippen molar-refractivity contribution in [2.24, 2.45) is 0 Å². The van der Waals surface area contributed by atoms with Crippen LogP contribution in [0.5, 0.6) is 5.75 Å². The van der Waals surface area contributed by atoms with Crippen molar-refractivity contribution in [1.29, 1.82) is 0 Å². The minimum Gasteiger partial charge on any atom is -0.497 e. The molecule has 5 nitrogen and oxygen atoms in total. The van der Waals surface area contributed by atoms with Gasteiger partial charge in [-0.25, -0.2) is 4.79 Å². The van der Waals surface area contributed by atoms with Gasteiger partial charge in [-0.15, -0.1) is 0 Å². The Labute approximate surface area is 131 Å². The van der Waals surface area contributed by atoms with E-state index in [9.17, 15) is 9.90 Å². The van der Waals surface area contributed by atoms with E-state index in [1.807, 2.05) is 48.7 Å². The SMILES string of the molecule is COc1ccc2[nH]cc(-c3c(C(=O)O)[nH]c4ccccc34)c2c1. The zero-order valence-electron chi connectivity index (χ0n) is 12.4. The maximum absolute atomic E-state index is 11.7. The van der Waals surface area contributed by atoms with Crippen molar-refractivity contribution in [2.75, 3.05) is 7.11 Å². The average Bonchev–Trinajstić information content (AvgIpc) is 3.14. The molecule has 2 heterocycles. The van der Waals surface area contributed by atoms with Gasteiger partial charge >= 0.3 is 5.97 Å². The Morgan fingerprint density at radius 3 is 2.70 bits per heavy atom. The molecule has 0 radical (unpaired) electrons. The summed E-state index contributed by atoms with van der Waals surface area (Å²) in [5.74, 6) is -0.247. The van der Waals surface area contributed by atoms with E-state index in [0.29, 0.717) is 5.56 Å². The first-order chi connectivity index (χ1) is 11.2. The Morgan fingerprint density at radius 2 is 1.91 bits per heavy atom. The fourth-order valence-corrected chi connectivity index (χ4v) is 3.02. The number of hydrogen-bond donors (Lipinski definition) is 3. The van der Waals surface area contributed by atoms with E-state index in [1.54, 1.807) is 7.11 Å². The van der Waals surface area contributed by atoms with Gasteiger partial charge in [0.05, 0.1) is 7.11 Å². The lowest BCUT2D eigenvalue weighted by Gasteiger charge is -2.03. The van der Waals surface area contributed by atoms with Crippen molar-refractivity contribution in [1.82, 2.24) is 9.97 Å². The van der Waals surface area contributed by atoms with Crippen LogP contribution >= 0.6 is 0 Å². The molecule has 0 aliphatic rings. The number of nitrogens with one attached hydrogen (secondary N) is 2. The molecule has 0 fully saturated rings. The molecule has 2 aromatic heterocycles. The average molecular weight is 306 g/mol. The van der Waals surface area contributed by atoms with E-state index in [-0.39, 0.29) is 5.69 Å². The second-order valence-electron chi connectivity index (χ2n) is 5.34. The molecular formula is C18H14N2O3. The molecule has 0 aliphatic heterocycles. The number of fused-ring (bicyclic) bond motifs is 2. The molecule has 4 aromatic rings. The fraction of sp³-hybridized carbons (Fsp3) is 0.0556. The smallest absolute Gasteiger partial charge is 0.352 e. The topological polar surface area (TPSA) is 78.1 Å². The van der Waals surface area contributed by atoms with Crippen LogP contribution in [-0.4, -0.2) is 28.2 Å². The number of benzene rings is 2. The highest BCUT2D eigenvalue weighted by Gasteiger charge is 2.20. The van der Waals surface area contributed by atoms with Crippen LogP contribution in [0.15, 0.2) is 48.7 Å². The Hall–Kier alpha value is -3.21. The molecule has 0 aliphatic carbocycles. The molecule has 23 heavy (non-hydrogen) atoms. The second kappa shape index (κ2) is 4.91. The molecule has 0 saturated heterocycles. The molecule has 0 saturated carbocycles. The number of aromatic amines is 2. The van der Waals surface area contributed by atoms with E-state index in [4.69, 9.17) is 4.74 Å². The molecule has 0 atom stereocenters. The number of rotatable bonds is 3. The third kappa shape index (κ3) is 1.97. The van der Waals surface area contributed by atoms with Crippen LogP contribution < -0.4 is 4.74 Å². The monoisotopic (exact) mass is 306 g/mol. The van der Waals surface area contributed by atoms with E-state index >= 15 is 0 Å². The standard InChI is InChI=1S/C18H14N2O3/c1-23-10-6-7-14-12(8-10)13(9-19-14)16-11-4-2-3-5-15(11)20-17(16)18(21)22/h2-9,19-20H,1H3,(H,21,22). The first-order valence-electron chi connectivity index (χ1n) is 7.18. The summed E-state index contributed by atoms with van der Waals surface area (Å²) in [6, 6.07) is 13.3. The Bertz CT molecular complexity index is 1040. The number of aromatic carboxylic acids is 1. The van der Waals surface area contributed by atoms with E-state index < -0.39 is 5.97 Å². The van der Waals surface area contributed by atoms with Crippen molar-refractivity contribution < 1.29 is 14.6 Å². The van der Waals surface area contributed by atoms with Crippen molar-refractivity contribution >= 4 is 27.8 Å². The number of methoxy groups -OCH3 is 1. The Morgan fingerprint density at radius 1 is 1.09 bits per heavy atom. The third-order valence-corrected chi connectivity index (χ3v) is 4.08. The molecule has 2 aromatic carbocycles. The minimum atomic E-state index is -0.978. The van der Waals surface area contributed by atoms with Gasteiger partial charge in [0.15, 0.2) is 0 Å². The first-order valence-corrected chi connectivity index (χ1v) is 7.18. The van der Waals surface area contributed by atoms with Crippen LogP contribution in [0, 0.1) is 0 Å². The summed E-state index contributed by atoms with van der Waals surface area (Å²) in [7, 11) is 1.61. The maximum Gasteiger partial charge on any atom is 0.352 e. The minimum absolute atomic E-state index is 0.190. The molecular weight excluding hydrogens is 292 g/mol. The molecule has 0 unspecified atom stereocenters. The van der Waals surface area contributed by atoms with E-state index in [2.05, 4.69) is 9.97 Å². The second-order valence-corrected chi connectivity index (χ2v) is 5.34. The van der Waals surface area contributed by atoms with Gasteiger partial charge in [0.2, 0.25) is 0 Å². The Balaban J connectivity index is 2.09. The first kappa shape index (κ1) is 13.5. The number of aromatic nitrogens is 2. The zero-order chi connectivity index (χ0) is 16.0. The summed E-state index contributed by atoms with van der Waals surface area (Å²) < 4.78 is 5.29. The number of carboxylic acid groups (broad SMARTS) is 1. The van der Waals surface area contributed by atoms with Crippen molar-refractivity contribution in [3.63, 3.8) is 0 Å². The zero-order valence-corrected chi connectivity index (χ0v) is 12.4. The van der Waals surface area contributed by atoms with Crippen LogP contribution in [0.3, 0.4) is 0 Å². The lowest BCUT2D eigenvalue weighted by Crippen LogP contribution is -1.98. The van der Waals surface area contributed by atoms with Crippen LogP contribution in [0.1, 0.15) is 10.5 Å². The maximum atomic E-state index is 11.7.